The molecule has 0 saturated carbocycles. The summed E-state index contributed by atoms with van der Waals surface area (Å²) < 4.78 is 10.2. The summed E-state index contributed by atoms with van der Waals surface area (Å²) in [6.45, 7) is 9.01. The number of methoxy groups -OCH3 is 1. The summed E-state index contributed by atoms with van der Waals surface area (Å²) in [7, 11) is 3.60. The highest BCUT2D eigenvalue weighted by Gasteiger charge is 2.20. The Morgan fingerprint density at radius 3 is 2.50 bits per heavy atom. The minimum absolute atomic E-state index is 0.137. The van der Waals surface area contributed by atoms with Gasteiger partial charge in [-0.15, -0.1) is 0 Å². The zero-order valence-corrected chi connectivity index (χ0v) is 14.0. The van der Waals surface area contributed by atoms with E-state index in [9.17, 15) is 0 Å². The quantitative estimate of drug-likeness (QED) is 0.838. The Labute approximate surface area is 130 Å². The van der Waals surface area contributed by atoms with Crippen LogP contribution in [0.3, 0.4) is 0 Å². The third kappa shape index (κ3) is 4.00. The van der Waals surface area contributed by atoms with E-state index in [2.05, 4.69) is 40.9 Å². The van der Waals surface area contributed by atoms with Crippen LogP contribution in [0, 0.1) is 6.92 Å². The Balaban J connectivity index is 2.29. The maximum absolute atomic E-state index is 5.20. The lowest BCUT2D eigenvalue weighted by molar-refractivity contribution is 0.181. The topological polar surface area (TPSA) is 77.2 Å². The summed E-state index contributed by atoms with van der Waals surface area (Å²) in [4.78, 5) is 15.4. The lowest BCUT2D eigenvalue weighted by atomic mass is 9.95. The third-order valence-corrected chi connectivity index (χ3v) is 3.07. The molecule has 0 atom stereocenters. The first kappa shape index (κ1) is 16.4. The van der Waals surface area contributed by atoms with Gasteiger partial charge in [-0.1, -0.05) is 25.9 Å². The van der Waals surface area contributed by atoms with Gasteiger partial charge in [-0.25, -0.2) is 9.97 Å². The average molecular weight is 305 g/mol. The zero-order valence-electron chi connectivity index (χ0n) is 14.0. The van der Waals surface area contributed by atoms with Gasteiger partial charge in [-0.3, -0.25) is 0 Å². The fourth-order valence-corrected chi connectivity index (χ4v) is 1.93. The van der Waals surface area contributed by atoms with Crippen molar-refractivity contribution in [1.29, 1.82) is 0 Å². The molecule has 0 aliphatic carbocycles. The van der Waals surface area contributed by atoms with Gasteiger partial charge in [0.05, 0.1) is 18.8 Å². The monoisotopic (exact) mass is 305 g/mol. The number of aryl methyl sites for hydroxylation is 1. The van der Waals surface area contributed by atoms with Crippen LogP contribution in [0.4, 0.5) is 5.82 Å². The SMILES string of the molecule is COCc1cc(N(C)Cc2noc(C)n2)nc(C(C)(C)C)n1. The molecule has 0 unspecified atom stereocenters. The van der Waals surface area contributed by atoms with Crippen molar-refractivity contribution in [3.05, 3.63) is 29.3 Å². The third-order valence-electron chi connectivity index (χ3n) is 3.07. The van der Waals surface area contributed by atoms with Gasteiger partial charge in [0.25, 0.3) is 0 Å². The minimum Gasteiger partial charge on any atom is -0.378 e. The van der Waals surface area contributed by atoms with Crippen molar-refractivity contribution in [1.82, 2.24) is 20.1 Å². The van der Waals surface area contributed by atoms with Crippen LogP contribution >= 0.6 is 0 Å². The van der Waals surface area contributed by atoms with Gasteiger partial charge in [0, 0.05) is 32.6 Å². The fraction of sp³-hybridized carbons (Fsp3) is 0.600. The number of anilines is 1. The predicted octanol–water partition coefficient (Wildman–Crippen LogP) is 2.25. The van der Waals surface area contributed by atoms with Gasteiger partial charge in [0.1, 0.15) is 11.6 Å². The van der Waals surface area contributed by atoms with Crippen molar-refractivity contribution in [3.8, 4) is 0 Å². The van der Waals surface area contributed by atoms with E-state index >= 15 is 0 Å². The van der Waals surface area contributed by atoms with E-state index in [1.165, 1.54) is 0 Å². The molecule has 0 amide bonds. The van der Waals surface area contributed by atoms with E-state index in [-0.39, 0.29) is 5.41 Å². The van der Waals surface area contributed by atoms with Crippen LogP contribution in [0.25, 0.3) is 0 Å². The molecular formula is C15H23N5O2. The van der Waals surface area contributed by atoms with Crippen LogP contribution in [0.15, 0.2) is 10.6 Å². The van der Waals surface area contributed by atoms with Crippen molar-refractivity contribution >= 4 is 5.82 Å². The maximum Gasteiger partial charge on any atom is 0.223 e. The molecule has 0 aromatic carbocycles. The summed E-state index contributed by atoms with van der Waals surface area (Å²) in [5.74, 6) is 2.79. The standard InChI is InChI=1S/C15H23N5O2/c1-10-16-12(19-22-10)8-20(5)13-7-11(9-21-6)17-14(18-13)15(2,3)4/h7H,8-9H2,1-6H3. The highest BCUT2D eigenvalue weighted by atomic mass is 16.5. The summed E-state index contributed by atoms with van der Waals surface area (Å²) in [5.41, 5.74) is 0.718. The van der Waals surface area contributed by atoms with Gasteiger partial charge in [0.15, 0.2) is 5.82 Å². The van der Waals surface area contributed by atoms with E-state index in [0.717, 1.165) is 17.3 Å². The van der Waals surface area contributed by atoms with E-state index < -0.39 is 0 Å². The molecular weight excluding hydrogens is 282 g/mol. The second kappa shape index (κ2) is 6.39. The molecule has 2 heterocycles. The summed E-state index contributed by atoms with van der Waals surface area (Å²) in [6.07, 6.45) is 0. The molecule has 7 nitrogen and oxygen atoms in total. The lowest BCUT2D eigenvalue weighted by Gasteiger charge is -2.22. The molecule has 22 heavy (non-hydrogen) atoms. The molecule has 120 valence electrons. The first-order chi connectivity index (χ1) is 10.3. The van der Waals surface area contributed by atoms with Crippen LogP contribution in [0.5, 0.6) is 0 Å². The van der Waals surface area contributed by atoms with Crippen LogP contribution in [-0.4, -0.2) is 34.3 Å². The molecule has 0 spiro atoms. The van der Waals surface area contributed by atoms with Gasteiger partial charge in [-0.05, 0) is 0 Å². The molecule has 0 fully saturated rings. The summed E-state index contributed by atoms with van der Waals surface area (Å²) >= 11 is 0. The van der Waals surface area contributed by atoms with Crippen molar-refractivity contribution in [2.75, 3.05) is 19.1 Å². The number of ether oxygens (including phenoxy) is 1. The Bertz CT molecular complexity index is 633. The van der Waals surface area contributed by atoms with Crippen LogP contribution in [-0.2, 0) is 23.3 Å². The highest BCUT2D eigenvalue weighted by molar-refractivity contribution is 5.39. The minimum atomic E-state index is -0.137. The fourth-order valence-electron chi connectivity index (χ4n) is 1.93. The zero-order chi connectivity index (χ0) is 16.3. The van der Waals surface area contributed by atoms with Crippen LogP contribution in [0.1, 0.15) is 44.0 Å². The normalized spacial score (nSPS) is 11.7. The molecule has 2 aromatic rings. The summed E-state index contributed by atoms with van der Waals surface area (Å²) in [6, 6.07) is 1.92. The number of hydrogen-bond donors (Lipinski definition) is 0. The lowest BCUT2D eigenvalue weighted by Crippen LogP contribution is -2.23. The Hall–Kier alpha value is -2.02. The van der Waals surface area contributed by atoms with Gasteiger partial charge < -0.3 is 14.2 Å². The van der Waals surface area contributed by atoms with E-state index in [1.54, 1.807) is 14.0 Å². The number of aromatic nitrogens is 4. The van der Waals surface area contributed by atoms with Gasteiger partial charge >= 0.3 is 0 Å². The molecule has 0 saturated heterocycles. The van der Waals surface area contributed by atoms with Gasteiger partial charge in [-0.2, -0.15) is 4.98 Å². The number of nitrogens with zero attached hydrogens (tertiary/aromatic N) is 5. The average Bonchev–Trinajstić information content (AvgIpc) is 2.83. The molecule has 0 radical (unpaired) electrons. The Kier molecular flexibility index (Phi) is 4.75. The first-order valence-electron chi connectivity index (χ1n) is 7.17. The first-order valence-corrected chi connectivity index (χ1v) is 7.17. The number of rotatable bonds is 5. The van der Waals surface area contributed by atoms with Crippen molar-refractivity contribution in [2.45, 2.75) is 46.3 Å². The van der Waals surface area contributed by atoms with E-state index in [1.807, 2.05) is 18.0 Å². The van der Waals surface area contributed by atoms with E-state index in [4.69, 9.17) is 9.26 Å². The largest absolute Gasteiger partial charge is 0.378 e. The van der Waals surface area contributed by atoms with E-state index in [0.29, 0.717) is 24.9 Å². The molecule has 2 rings (SSSR count). The molecule has 0 aliphatic heterocycles. The molecule has 0 bridgehead atoms. The molecule has 0 N–H and O–H groups in total. The molecule has 0 aliphatic rings. The van der Waals surface area contributed by atoms with Crippen molar-refractivity contribution in [3.63, 3.8) is 0 Å². The summed E-state index contributed by atoms with van der Waals surface area (Å²) in [5, 5.41) is 3.92. The molecule has 2 aromatic heterocycles. The second-order valence-corrected chi connectivity index (χ2v) is 6.31. The maximum atomic E-state index is 5.20. The van der Waals surface area contributed by atoms with Crippen LogP contribution < -0.4 is 4.90 Å². The number of hydrogen-bond acceptors (Lipinski definition) is 7. The Morgan fingerprint density at radius 1 is 1.23 bits per heavy atom. The van der Waals surface area contributed by atoms with Crippen molar-refractivity contribution in [2.24, 2.45) is 0 Å². The highest BCUT2D eigenvalue weighted by Crippen LogP contribution is 2.22. The smallest absolute Gasteiger partial charge is 0.223 e. The van der Waals surface area contributed by atoms with Gasteiger partial charge in [0.2, 0.25) is 5.89 Å². The second-order valence-electron chi connectivity index (χ2n) is 6.31. The Morgan fingerprint density at radius 2 is 1.95 bits per heavy atom. The van der Waals surface area contributed by atoms with Crippen molar-refractivity contribution < 1.29 is 9.26 Å². The van der Waals surface area contributed by atoms with Crippen LogP contribution in [0.2, 0.25) is 0 Å². The predicted molar refractivity (Wildman–Crippen MR) is 82.6 cm³/mol. The molecule has 7 heteroatoms.